The molecule has 0 aromatic carbocycles. The number of rotatable bonds is 0. The van der Waals surface area contributed by atoms with Gasteiger partial charge < -0.3 is 0 Å². The van der Waals surface area contributed by atoms with E-state index in [0.29, 0.717) is 0 Å². The van der Waals surface area contributed by atoms with Gasteiger partial charge in [0.2, 0.25) is 0 Å². The molecule has 24 valence electrons. The molecule has 4 heteroatoms. The van der Waals surface area contributed by atoms with E-state index in [1.54, 1.807) is 0 Å². The standard InChI is InChI=1S/Ca.ClH.FH.Mg.4H/h;2*1H;;;;;. The summed E-state index contributed by atoms with van der Waals surface area (Å²) in [6.45, 7) is 0. The maximum Gasteiger partial charge on any atom is 0.316 e. The topological polar surface area (TPSA) is 0 Å². The summed E-state index contributed by atoms with van der Waals surface area (Å²) in [6.07, 6.45) is 0. The van der Waals surface area contributed by atoms with Crippen molar-refractivity contribution in [1.29, 1.82) is 0 Å². The van der Waals surface area contributed by atoms with Gasteiger partial charge in [0, 0.05) is 0 Å². The molecule has 0 saturated heterocycles. The summed E-state index contributed by atoms with van der Waals surface area (Å²) in [5, 5.41) is 0. The van der Waals surface area contributed by atoms with Gasteiger partial charge in [-0.05, 0) is 0 Å². The van der Waals surface area contributed by atoms with Gasteiger partial charge in [0.25, 0.3) is 0 Å². The Balaban J connectivity index is 0. The molecule has 0 fully saturated rings. The van der Waals surface area contributed by atoms with Crippen molar-refractivity contribution in [2.45, 2.75) is 0 Å². The minimum absolute atomic E-state index is 0. The van der Waals surface area contributed by atoms with E-state index in [1.807, 2.05) is 0 Å². The van der Waals surface area contributed by atoms with Crippen molar-refractivity contribution in [1.82, 2.24) is 0 Å². The molecule has 0 aliphatic rings. The third-order valence-corrected chi connectivity index (χ3v) is 0. The van der Waals surface area contributed by atoms with Gasteiger partial charge in [-0.1, -0.05) is 0 Å². The maximum absolute atomic E-state index is 0. The number of hydrogen-bond donors (Lipinski definition) is 0. The van der Waals surface area contributed by atoms with Gasteiger partial charge in [-0.15, -0.1) is 12.4 Å². The van der Waals surface area contributed by atoms with Crippen molar-refractivity contribution >= 4 is 73.2 Å². The van der Waals surface area contributed by atoms with Crippen LogP contribution in [0, 0.1) is 0 Å². The SMILES string of the molecule is Cl.F.[CaH2].[MgH2]. The van der Waals surface area contributed by atoms with Crippen LogP contribution in [0.15, 0.2) is 0 Å². The normalized spacial score (nSPS) is 0. The maximum atomic E-state index is 0. The number of halogens is 2. The van der Waals surface area contributed by atoms with Crippen molar-refractivity contribution < 1.29 is 4.70 Å². The van der Waals surface area contributed by atoms with Crippen LogP contribution in [0.5, 0.6) is 0 Å². The molecule has 0 spiro atoms. The first kappa shape index (κ1) is 34.1. The molecule has 0 bridgehead atoms. The molecule has 0 aromatic heterocycles. The molecule has 0 heterocycles. The number of hydrogen-bond acceptors (Lipinski definition) is 0. The second-order valence-electron chi connectivity index (χ2n) is 0. The van der Waals surface area contributed by atoms with Crippen molar-refractivity contribution in [3.8, 4) is 0 Å². The minimum Gasteiger partial charge on any atom is 0.316 e. The van der Waals surface area contributed by atoms with E-state index in [9.17, 15) is 0 Å². The van der Waals surface area contributed by atoms with Crippen LogP contribution < -0.4 is 0 Å². The second-order valence-corrected chi connectivity index (χ2v) is 0. The summed E-state index contributed by atoms with van der Waals surface area (Å²) in [6, 6.07) is 0. The summed E-state index contributed by atoms with van der Waals surface area (Å²) < 4.78 is 0. The van der Waals surface area contributed by atoms with Gasteiger partial charge in [-0.2, -0.15) is 0 Å². The zero-order valence-corrected chi connectivity index (χ0v) is 1.63. The fraction of sp³-hybridized carbons (Fsp3) is 0. The average molecular weight is 125 g/mol. The zero-order valence-electron chi connectivity index (χ0n) is 0.816. The molecule has 4 heavy (non-hydrogen) atoms. The van der Waals surface area contributed by atoms with Crippen LogP contribution in [-0.2, 0) is 0 Å². The van der Waals surface area contributed by atoms with Crippen molar-refractivity contribution in [3.05, 3.63) is 0 Å². The van der Waals surface area contributed by atoms with Gasteiger partial charge in [-0.3, -0.25) is 4.70 Å². The van der Waals surface area contributed by atoms with E-state index in [-0.39, 0.29) is 77.9 Å². The molecule has 0 atom stereocenters. The van der Waals surface area contributed by atoms with Gasteiger partial charge >= 0.3 is 60.8 Å². The van der Waals surface area contributed by atoms with E-state index in [4.69, 9.17) is 0 Å². The molecule has 0 aromatic rings. The molecule has 0 rings (SSSR count). The molecule has 0 amide bonds. The fourth-order valence-corrected chi connectivity index (χ4v) is 0. The van der Waals surface area contributed by atoms with Crippen molar-refractivity contribution in [3.63, 3.8) is 0 Å². The average Bonchev–Trinajstić information content (AvgIpc) is 0. The smallest absolute Gasteiger partial charge is 0.316 e. The second kappa shape index (κ2) is 18.7. The molecule has 0 N–H and O–H groups in total. The monoisotopic (exact) mass is 124 g/mol. The van der Waals surface area contributed by atoms with Gasteiger partial charge in [0.1, 0.15) is 0 Å². The molecule has 0 nitrogen and oxygen atoms in total. The largest absolute Gasteiger partial charge is 0.316 e. The Morgan fingerprint density at radius 2 is 1.00 bits per heavy atom. The van der Waals surface area contributed by atoms with Crippen molar-refractivity contribution in [2.75, 3.05) is 0 Å². The van der Waals surface area contributed by atoms with Gasteiger partial charge in [0.15, 0.2) is 0 Å². The van der Waals surface area contributed by atoms with Crippen LogP contribution >= 0.6 is 12.4 Å². The third kappa shape index (κ3) is 8.87. The van der Waals surface area contributed by atoms with E-state index in [0.717, 1.165) is 0 Å². The van der Waals surface area contributed by atoms with E-state index in [1.165, 1.54) is 0 Å². The predicted octanol–water partition coefficient (Wildman–Crippen LogP) is -1.26. The Morgan fingerprint density at radius 3 is 1.00 bits per heavy atom. The molecule has 0 aliphatic heterocycles. The van der Waals surface area contributed by atoms with Crippen molar-refractivity contribution in [2.24, 2.45) is 0 Å². The summed E-state index contributed by atoms with van der Waals surface area (Å²) in [7, 11) is 0. The molecule has 0 unspecified atom stereocenters. The summed E-state index contributed by atoms with van der Waals surface area (Å²) >= 11 is 0. The Labute approximate surface area is 76.6 Å². The molecule has 0 aliphatic carbocycles. The first-order valence-electron chi connectivity index (χ1n) is 0. The quantitative estimate of drug-likeness (QED) is 0.354. The summed E-state index contributed by atoms with van der Waals surface area (Å²) in [5.74, 6) is 0. The van der Waals surface area contributed by atoms with Crippen LogP contribution in [0.4, 0.5) is 4.70 Å². The third-order valence-electron chi connectivity index (χ3n) is 0. The summed E-state index contributed by atoms with van der Waals surface area (Å²) in [4.78, 5) is 0. The first-order chi connectivity index (χ1) is 0. The van der Waals surface area contributed by atoms with Crippen LogP contribution in [0.25, 0.3) is 0 Å². The van der Waals surface area contributed by atoms with Gasteiger partial charge in [-0.25, -0.2) is 0 Å². The Bertz CT molecular complexity index is 8.00. The molecular weight excluding hydrogens is 119 g/mol. The summed E-state index contributed by atoms with van der Waals surface area (Å²) in [5.41, 5.74) is 0. The van der Waals surface area contributed by atoms with Gasteiger partial charge in [0.05, 0.1) is 0 Å². The van der Waals surface area contributed by atoms with Crippen LogP contribution in [0.1, 0.15) is 0 Å². The van der Waals surface area contributed by atoms with Crippen LogP contribution in [-0.4, -0.2) is 60.8 Å². The van der Waals surface area contributed by atoms with Crippen LogP contribution in [0.2, 0.25) is 0 Å². The molecule has 0 radical (unpaired) electrons. The Morgan fingerprint density at radius 1 is 1.00 bits per heavy atom. The fourth-order valence-electron chi connectivity index (χ4n) is 0. The Kier molecular flexibility index (Phi) is 160. The van der Waals surface area contributed by atoms with E-state index in [2.05, 4.69) is 0 Å². The van der Waals surface area contributed by atoms with Crippen LogP contribution in [0.3, 0.4) is 0 Å². The van der Waals surface area contributed by atoms with E-state index >= 15 is 0 Å². The predicted molar refractivity (Wildman–Crippen MR) is 26.8 cm³/mol. The zero-order chi connectivity index (χ0) is 0. The Hall–Kier alpha value is 2.25. The minimum atomic E-state index is 0. The first-order valence-corrected chi connectivity index (χ1v) is 0. The van der Waals surface area contributed by atoms with E-state index < -0.39 is 0 Å². The molecular formula is H6CaClFMg. The molecule has 0 saturated carbocycles.